The first-order chi connectivity index (χ1) is 9.02. The lowest BCUT2D eigenvalue weighted by molar-refractivity contribution is -0.141. The van der Waals surface area contributed by atoms with Crippen LogP contribution in [0.2, 0.25) is 0 Å². The third-order valence-corrected chi connectivity index (χ3v) is 4.59. The van der Waals surface area contributed by atoms with Crippen LogP contribution in [0.4, 0.5) is 0 Å². The van der Waals surface area contributed by atoms with E-state index in [4.69, 9.17) is 0 Å². The van der Waals surface area contributed by atoms with Crippen molar-refractivity contribution in [3.8, 4) is 0 Å². The summed E-state index contributed by atoms with van der Waals surface area (Å²) in [5.74, 6) is 0.697. The summed E-state index contributed by atoms with van der Waals surface area (Å²) in [6.07, 6.45) is 5.93. The number of hydrogen-bond donors (Lipinski definition) is 1. The average Bonchev–Trinajstić information content (AvgIpc) is 2.64. The van der Waals surface area contributed by atoms with Gasteiger partial charge in [-0.25, -0.2) is 0 Å². The van der Waals surface area contributed by atoms with Crippen LogP contribution in [0.15, 0.2) is 0 Å². The van der Waals surface area contributed by atoms with Gasteiger partial charge in [0.15, 0.2) is 0 Å². The Morgan fingerprint density at radius 3 is 2.74 bits per heavy atom. The number of likely N-dealkylation sites (tertiary alicyclic amines) is 1. The summed E-state index contributed by atoms with van der Waals surface area (Å²) in [4.78, 5) is 25.7. The monoisotopic (exact) mass is 266 g/mol. The molecular formula is C15H26N2O2. The van der Waals surface area contributed by atoms with Crippen molar-refractivity contribution in [1.29, 1.82) is 0 Å². The zero-order valence-corrected chi connectivity index (χ0v) is 12.3. The third kappa shape index (κ3) is 3.16. The molecule has 2 aliphatic rings. The number of rotatable bonds is 4. The predicted molar refractivity (Wildman–Crippen MR) is 74.6 cm³/mol. The summed E-state index contributed by atoms with van der Waals surface area (Å²) in [5.41, 5.74) is 0. The Bertz CT molecular complexity index is 356. The molecule has 19 heavy (non-hydrogen) atoms. The Kier molecular flexibility index (Phi) is 4.61. The molecule has 1 aliphatic carbocycles. The highest BCUT2D eigenvalue weighted by atomic mass is 16.2. The van der Waals surface area contributed by atoms with Gasteiger partial charge in [-0.15, -0.1) is 0 Å². The van der Waals surface area contributed by atoms with Crippen LogP contribution in [0.1, 0.15) is 59.3 Å². The van der Waals surface area contributed by atoms with Crippen LogP contribution < -0.4 is 5.32 Å². The van der Waals surface area contributed by atoms with Crippen LogP contribution in [0, 0.1) is 5.92 Å². The molecule has 0 bridgehead atoms. The van der Waals surface area contributed by atoms with E-state index in [2.05, 4.69) is 12.2 Å². The summed E-state index contributed by atoms with van der Waals surface area (Å²) in [6.45, 7) is 6.22. The lowest BCUT2D eigenvalue weighted by Gasteiger charge is -2.29. The Labute approximate surface area is 115 Å². The zero-order chi connectivity index (χ0) is 14.0. The van der Waals surface area contributed by atoms with Gasteiger partial charge in [0.05, 0.1) is 12.5 Å². The Hall–Kier alpha value is -0.900. The van der Waals surface area contributed by atoms with E-state index in [1.54, 1.807) is 0 Å². The molecule has 4 atom stereocenters. The maximum Gasteiger partial charge on any atom is 0.247 e. The van der Waals surface area contributed by atoms with Crippen molar-refractivity contribution < 1.29 is 9.59 Å². The topological polar surface area (TPSA) is 49.4 Å². The summed E-state index contributed by atoms with van der Waals surface area (Å²) < 4.78 is 0. The molecule has 1 N–H and O–H groups in total. The molecule has 1 heterocycles. The standard InChI is InChI=1S/C15H26N2O2/c1-4-11(3)17-14(18)9-13(15(17)19)16-12-7-5-6-10(2)8-12/h10-13,16H,4-9H2,1-3H3. The van der Waals surface area contributed by atoms with Crippen molar-refractivity contribution >= 4 is 11.8 Å². The van der Waals surface area contributed by atoms with E-state index in [-0.39, 0.29) is 23.9 Å². The smallest absolute Gasteiger partial charge is 0.247 e. The maximum atomic E-state index is 12.3. The molecule has 1 saturated heterocycles. The largest absolute Gasteiger partial charge is 0.303 e. The normalized spacial score (nSPS) is 33.8. The molecule has 4 nitrogen and oxygen atoms in total. The van der Waals surface area contributed by atoms with Crippen LogP contribution in [0.5, 0.6) is 0 Å². The molecule has 0 aromatic carbocycles. The van der Waals surface area contributed by atoms with Crippen LogP contribution in [0.3, 0.4) is 0 Å². The number of imide groups is 1. The zero-order valence-electron chi connectivity index (χ0n) is 12.3. The lowest BCUT2D eigenvalue weighted by Crippen LogP contribution is -2.46. The minimum atomic E-state index is -0.281. The minimum Gasteiger partial charge on any atom is -0.303 e. The van der Waals surface area contributed by atoms with Gasteiger partial charge in [-0.3, -0.25) is 14.5 Å². The average molecular weight is 266 g/mol. The predicted octanol–water partition coefficient (Wildman–Crippen LogP) is 2.08. The highest BCUT2D eigenvalue weighted by molar-refractivity contribution is 6.05. The van der Waals surface area contributed by atoms with Gasteiger partial charge < -0.3 is 5.32 Å². The summed E-state index contributed by atoms with van der Waals surface area (Å²) >= 11 is 0. The molecule has 2 fully saturated rings. The van der Waals surface area contributed by atoms with E-state index < -0.39 is 0 Å². The van der Waals surface area contributed by atoms with E-state index in [1.807, 2.05) is 13.8 Å². The van der Waals surface area contributed by atoms with Gasteiger partial charge in [-0.05, 0) is 32.1 Å². The van der Waals surface area contributed by atoms with Gasteiger partial charge in [0.1, 0.15) is 0 Å². The van der Waals surface area contributed by atoms with E-state index in [0.29, 0.717) is 12.5 Å². The van der Waals surface area contributed by atoms with Crippen LogP contribution >= 0.6 is 0 Å². The third-order valence-electron chi connectivity index (χ3n) is 4.59. The summed E-state index contributed by atoms with van der Waals surface area (Å²) in [5, 5.41) is 3.43. The summed E-state index contributed by atoms with van der Waals surface area (Å²) in [6, 6.07) is 0.149. The SMILES string of the molecule is CCC(C)N1C(=O)CC(NC2CCCC(C)C2)C1=O. The second-order valence-corrected chi connectivity index (χ2v) is 6.25. The van der Waals surface area contributed by atoms with Gasteiger partial charge in [-0.2, -0.15) is 0 Å². The molecule has 0 aromatic rings. The van der Waals surface area contributed by atoms with E-state index in [1.165, 1.54) is 17.7 Å². The first kappa shape index (κ1) is 14.5. The van der Waals surface area contributed by atoms with Gasteiger partial charge in [0.2, 0.25) is 11.8 Å². The number of nitrogens with zero attached hydrogens (tertiary/aromatic N) is 1. The number of carbonyl (C=O) groups is 2. The van der Waals surface area contributed by atoms with Crippen molar-refractivity contribution in [1.82, 2.24) is 10.2 Å². The second-order valence-electron chi connectivity index (χ2n) is 6.25. The van der Waals surface area contributed by atoms with E-state index >= 15 is 0 Å². The van der Waals surface area contributed by atoms with Gasteiger partial charge in [0.25, 0.3) is 0 Å². The molecule has 1 saturated carbocycles. The highest BCUT2D eigenvalue weighted by Crippen LogP contribution is 2.26. The Balaban J connectivity index is 1.95. The van der Waals surface area contributed by atoms with Crippen molar-refractivity contribution in [2.24, 2.45) is 5.92 Å². The second kappa shape index (κ2) is 6.04. The molecule has 0 radical (unpaired) electrons. The lowest BCUT2D eigenvalue weighted by atomic mass is 9.86. The van der Waals surface area contributed by atoms with Crippen LogP contribution in [-0.2, 0) is 9.59 Å². The molecule has 0 aromatic heterocycles. The maximum absolute atomic E-state index is 12.3. The first-order valence-electron chi connectivity index (χ1n) is 7.64. The van der Waals surface area contributed by atoms with Gasteiger partial charge in [0, 0.05) is 12.1 Å². The minimum absolute atomic E-state index is 0.0132. The van der Waals surface area contributed by atoms with Crippen LogP contribution in [0.25, 0.3) is 0 Å². The molecule has 2 amide bonds. The van der Waals surface area contributed by atoms with Crippen molar-refractivity contribution in [3.63, 3.8) is 0 Å². The number of amides is 2. The molecule has 4 unspecified atom stereocenters. The fraction of sp³-hybridized carbons (Fsp3) is 0.867. The quantitative estimate of drug-likeness (QED) is 0.793. The van der Waals surface area contributed by atoms with E-state index in [9.17, 15) is 9.59 Å². The number of carbonyl (C=O) groups excluding carboxylic acids is 2. The van der Waals surface area contributed by atoms with Crippen molar-refractivity contribution in [2.75, 3.05) is 0 Å². The number of nitrogens with one attached hydrogen (secondary N) is 1. The first-order valence-corrected chi connectivity index (χ1v) is 7.64. The van der Waals surface area contributed by atoms with Gasteiger partial charge >= 0.3 is 0 Å². The van der Waals surface area contributed by atoms with Crippen molar-refractivity contribution in [3.05, 3.63) is 0 Å². The number of hydrogen-bond acceptors (Lipinski definition) is 3. The Morgan fingerprint density at radius 1 is 1.37 bits per heavy atom. The molecule has 1 aliphatic heterocycles. The molecule has 4 heteroatoms. The highest BCUT2D eigenvalue weighted by Gasteiger charge is 2.41. The van der Waals surface area contributed by atoms with Crippen LogP contribution in [-0.4, -0.2) is 34.8 Å². The summed E-state index contributed by atoms with van der Waals surface area (Å²) in [7, 11) is 0. The fourth-order valence-corrected chi connectivity index (χ4v) is 3.30. The van der Waals surface area contributed by atoms with E-state index in [0.717, 1.165) is 25.2 Å². The molecule has 0 spiro atoms. The van der Waals surface area contributed by atoms with Crippen molar-refractivity contribution in [2.45, 2.75) is 77.4 Å². The molecular weight excluding hydrogens is 240 g/mol. The fourth-order valence-electron chi connectivity index (χ4n) is 3.30. The molecule has 108 valence electrons. The van der Waals surface area contributed by atoms with Gasteiger partial charge in [-0.1, -0.05) is 26.7 Å². The Morgan fingerprint density at radius 2 is 2.11 bits per heavy atom. The molecule has 2 rings (SSSR count).